The number of amidine groups is 1. The number of hydrogen-bond donors (Lipinski definition) is 2. The fourth-order valence-electron chi connectivity index (χ4n) is 4.70. The van der Waals surface area contributed by atoms with Crippen molar-refractivity contribution >= 4 is 39.6 Å². The first-order chi connectivity index (χ1) is 18.2. The summed E-state index contributed by atoms with van der Waals surface area (Å²) in [7, 11) is 0. The summed E-state index contributed by atoms with van der Waals surface area (Å²) in [5, 5.41) is 12.0. The summed E-state index contributed by atoms with van der Waals surface area (Å²) in [6, 6.07) is 16.0. The normalized spacial score (nSPS) is 16.6. The van der Waals surface area contributed by atoms with Gasteiger partial charge < -0.3 is 15.5 Å². The zero-order valence-corrected chi connectivity index (χ0v) is 20.9. The minimum absolute atomic E-state index is 0.213. The van der Waals surface area contributed by atoms with Crippen LogP contribution in [0.3, 0.4) is 0 Å². The fourth-order valence-corrected chi connectivity index (χ4v) is 5.43. The third kappa shape index (κ3) is 4.82. The number of pyridine rings is 1. The molecule has 2 aliphatic rings. The van der Waals surface area contributed by atoms with Crippen LogP contribution in [0.2, 0.25) is 0 Å². The molecule has 8 nitrogen and oxygen atoms in total. The van der Waals surface area contributed by atoms with E-state index in [9.17, 15) is 4.79 Å². The average Bonchev–Trinajstić information content (AvgIpc) is 3.61. The molecule has 1 unspecified atom stereocenters. The quantitative estimate of drug-likeness (QED) is 0.423. The molecule has 188 valence electrons. The molecule has 1 fully saturated rings. The summed E-state index contributed by atoms with van der Waals surface area (Å²) in [5.74, 6) is 1.03. The number of halogens is 1. The topological polar surface area (TPSA) is 87.4 Å². The Morgan fingerprint density at radius 1 is 1.08 bits per heavy atom. The molecule has 4 heterocycles. The van der Waals surface area contributed by atoms with E-state index < -0.39 is 11.9 Å². The fraction of sp³-hybridized carbons (Fsp3) is 0.259. The number of piperazine rings is 1. The van der Waals surface area contributed by atoms with Gasteiger partial charge in [0.2, 0.25) is 0 Å². The number of carbonyl (C=O) groups excluding carboxylic acids is 1. The minimum Gasteiger partial charge on any atom is -0.354 e. The maximum Gasteiger partial charge on any atom is 0.255 e. The highest BCUT2D eigenvalue weighted by atomic mass is 32.2. The Labute approximate surface area is 218 Å². The van der Waals surface area contributed by atoms with Crippen LogP contribution in [0.1, 0.15) is 11.6 Å². The summed E-state index contributed by atoms with van der Waals surface area (Å²) in [6.07, 6.45) is 3.42. The van der Waals surface area contributed by atoms with Gasteiger partial charge in [0.1, 0.15) is 11.3 Å². The molecule has 2 aromatic carbocycles. The van der Waals surface area contributed by atoms with Gasteiger partial charge in [-0.25, -0.2) is 9.37 Å². The summed E-state index contributed by atoms with van der Waals surface area (Å²) in [5.41, 5.74) is 2.07. The summed E-state index contributed by atoms with van der Waals surface area (Å²) in [6.45, 7) is 4.32. The lowest BCUT2D eigenvalue weighted by Crippen LogP contribution is -2.43. The molecular weight excluding hydrogens is 489 g/mol. The van der Waals surface area contributed by atoms with Crippen molar-refractivity contribution < 1.29 is 9.18 Å². The van der Waals surface area contributed by atoms with Crippen LogP contribution in [-0.4, -0.2) is 64.3 Å². The predicted molar refractivity (Wildman–Crippen MR) is 145 cm³/mol. The van der Waals surface area contributed by atoms with E-state index in [1.807, 2.05) is 48.5 Å². The number of fused-ring (bicyclic) bond motifs is 1. The molecule has 0 bridgehead atoms. The number of hydrogen-bond acceptors (Lipinski definition) is 7. The first-order valence-corrected chi connectivity index (χ1v) is 13.3. The number of rotatable bonds is 5. The van der Waals surface area contributed by atoms with Crippen LogP contribution in [0.15, 0.2) is 72.0 Å². The number of nitrogens with zero attached hydrogens (tertiary/aromatic N) is 5. The average molecular weight is 516 g/mol. The first kappa shape index (κ1) is 23.6. The van der Waals surface area contributed by atoms with Crippen molar-refractivity contribution in [2.45, 2.75) is 6.04 Å². The molecule has 1 atom stereocenters. The molecule has 37 heavy (non-hydrogen) atoms. The first-order valence-electron chi connectivity index (χ1n) is 12.3. The molecule has 4 aromatic rings. The summed E-state index contributed by atoms with van der Waals surface area (Å²) in [4.78, 5) is 24.5. The second kappa shape index (κ2) is 10.3. The SMILES string of the molecule is O=C(NC1=NCCS1)C(c1ccccc1)n1cc2ccc(-c3ccc(N4CCNCC4)nc3)c(F)c2n1. The number of anilines is 1. The molecule has 2 aromatic heterocycles. The van der Waals surface area contributed by atoms with Gasteiger partial charge in [0.05, 0.1) is 6.54 Å². The van der Waals surface area contributed by atoms with E-state index >= 15 is 4.39 Å². The third-order valence-electron chi connectivity index (χ3n) is 6.58. The second-order valence-electron chi connectivity index (χ2n) is 8.95. The van der Waals surface area contributed by atoms with Crippen molar-refractivity contribution in [3.8, 4) is 11.1 Å². The molecule has 0 radical (unpaired) electrons. The van der Waals surface area contributed by atoms with Gasteiger partial charge in [-0.05, 0) is 17.7 Å². The van der Waals surface area contributed by atoms with E-state index in [-0.39, 0.29) is 11.4 Å². The highest BCUT2D eigenvalue weighted by Gasteiger charge is 2.27. The Morgan fingerprint density at radius 2 is 1.92 bits per heavy atom. The number of amides is 1. The van der Waals surface area contributed by atoms with Gasteiger partial charge in [-0.1, -0.05) is 54.2 Å². The van der Waals surface area contributed by atoms with Gasteiger partial charge in [-0.2, -0.15) is 5.10 Å². The highest BCUT2D eigenvalue weighted by molar-refractivity contribution is 8.14. The number of aromatic nitrogens is 3. The lowest BCUT2D eigenvalue weighted by molar-refractivity contribution is -0.121. The number of carbonyl (C=O) groups is 1. The van der Waals surface area contributed by atoms with Crippen LogP contribution in [0.5, 0.6) is 0 Å². The van der Waals surface area contributed by atoms with Gasteiger partial charge in [-0.15, -0.1) is 0 Å². The van der Waals surface area contributed by atoms with Crippen molar-refractivity contribution in [2.75, 3.05) is 43.4 Å². The van der Waals surface area contributed by atoms with Gasteiger partial charge in [0.25, 0.3) is 5.91 Å². The van der Waals surface area contributed by atoms with E-state index in [1.165, 1.54) is 16.4 Å². The van der Waals surface area contributed by atoms with E-state index in [1.54, 1.807) is 18.5 Å². The molecule has 1 saturated heterocycles. The maximum absolute atomic E-state index is 15.8. The standard InChI is InChI=1S/C27H26FN7OS/c28-23-21(19-7-9-22(31-16-19)34-13-10-29-11-14-34)8-6-20-17-35(33-24(20)23)25(18-4-2-1-3-5-18)26(36)32-27-30-12-15-37-27/h1-9,16-17,25,29H,10-15H2,(H,30,32,36). The van der Waals surface area contributed by atoms with Gasteiger partial charge in [0.15, 0.2) is 17.0 Å². The molecule has 2 aliphatic heterocycles. The van der Waals surface area contributed by atoms with Crippen LogP contribution in [0.25, 0.3) is 22.0 Å². The van der Waals surface area contributed by atoms with E-state index in [4.69, 9.17) is 0 Å². The lowest BCUT2D eigenvalue weighted by atomic mass is 10.1. The Morgan fingerprint density at radius 3 is 2.65 bits per heavy atom. The lowest BCUT2D eigenvalue weighted by Gasteiger charge is -2.28. The number of aliphatic imine (C=N–C) groups is 1. The van der Waals surface area contributed by atoms with Gasteiger partial charge in [0, 0.05) is 60.8 Å². The Kier molecular flexibility index (Phi) is 6.58. The van der Waals surface area contributed by atoms with Crippen molar-refractivity contribution in [2.24, 2.45) is 4.99 Å². The Bertz CT molecular complexity index is 1450. The molecule has 0 spiro atoms. The number of nitrogens with one attached hydrogen (secondary N) is 2. The molecule has 6 rings (SSSR count). The van der Waals surface area contributed by atoms with Crippen LogP contribution in [0.4, 0.5) is 10.2 Å². The second-order valence-corrected chi connectivity index (χ2v) is 10.0. The van der Waals surface area contributed by atoms with E-state index in [0.717, 1.165) is 43.3 Å². The van der Waals surface area contributed by atoms with Gasteiger partial charge >= 0.3 is 0 Å². The monoisotopic (exact) mass is 515 g/mol. The van der Waals surface area contributed by atoms with Crippen LogP contribution < -0.4 is 15.5 Å². The zero-order chi connectivity index (χ0) is 25.2. The van der Waals surface area contributed by atoms with Crippen molar-refractivity contribution in [3.05, 3.63) is 78.4 Å². The molecule has 0 aliphatic carbocycles. The van der Waals surface area contributed by atoms with E-state index in [2.05, 4.69) is 30.6 Å². The highest BCUT2D eigenvalue weighted by Crippen LogP contribution is 2.30. The predicted octanol–water partition coefficient (Wildman–Crippen LogP) is 3.46. The van der Waals surface area contributed by atoms with Crippen LogP contribution in [0, 0.1) is 5.82 Å². The molecule has 2 N–H and O–H groups in total. The molecular formula is C27H26FN7OS. The molecule has 10 heteroatoms. The Balaban J connectivity index is 1.33. The van der Waals surface area contributed by atoms with Crippen molar-refractivity contribution in [3.63, 3.8) is 0 Å². The number of benzene rings is 2. The smallest absolute Gasteiger partial charge is 0.255 e. The Hall–Kier alpha value is -3.76. The van der Waals surface area contributed by atoms with Crippen molar-refractivity contribution in [1.82, 2.24) is 25.4 Å². The third-order valence-corrected chi connectivity index (χ3v) is 7.47. The minimum atomic E-state index is -0.764. The summed E-state index contributed by atoms with van der Waals surface area (Å²) >= 11 is 1.51. The molecule has 1 amide bonds. The van der Waals surface area contributed by atoms with E-state index in [0.29, 0.717) is 28.2 Å². The molecule has 0 saturated carbocycles. The zero-order valence-electron chi connectivity index (χ0n) is 20.1. The maximum atomic E-state index is 15.8. The van der Waals surface area contributed by atoms with Crippen LogP contribution >= 0.6 is 11.8 Å². The van der Waals surface area contributed by atoms with Crippen LogP contribution in [-0.2, 0) is 4.79 Å². The summed E-state index contributed by atoms with van der Waals surface area (Å²) < 4.78 is 17.3. The largest absolute Gasteiger partial charge is 0.354 e. The number of thioether (sulfide) groups is 1. The van der Waals surface area contributed by atoms with Gasteiger partial charge in [-0.3, -0.25) is 14.5 Å². The van der Waals surface area contributed by atoms with Crippen molar-refractivity contribution in [1.29, 1.82) is 0 Å².